The zero-order valence-corrected chi connectivity index (χ0v) is 15.1. The summed E-state index contributed by atoms with van der Waals surface area (Å²) in [6.45, 7) is 3.55. The van der Waals surface area contributed by atoms with Crippen molar-refractivity contribution < 1.29 is 14.3 Å². The molecule has 138 valence electrons. The van der Waals surface area contributed by atoms with Crippen LogP contribution in [0.1, 0.15) is 35.7 Å². The van der Waals surface area contributed by atoms with Crippen LogP contribution in [0.2, 0.25) is 0 Å². The number of esters is 1. The van der Waals surface area contributed by atoms with Gasteiger partial charge in [0, 0.05) is 20.2 Å². The summed E-state index contributed by atoms with van der Waals surface area (Å²) in [5.41, 5.74) is 0.301. The molecule has 26 heavy (non-hydrogen) atoms. The van der Waals surface area contributed by atoms with Gasteiger partial charge in [0.15, 0.2) is 6.61 Å². The summed E-state index contributed by atoms with van der Waals surface area (Å²) < 4.78 is 6.99. The molecule has 0 spiro atoms. The van der Waals surface area contributed by atoms with Crippen LogP contribution < -0.4 is 16.6 Å². The second-order valence-corrected chi connectivity index (χ2v) is 6.17. The van der Waals surface area contributed by atoms with E-state index in [2.05, 4.69) is 5.32 Å². The van der Waals surface area contributed by atoms with Gasteiger partial charge in [-0.2, -0.15) is 0 Å². The van der Waals surface area contributed by atoms with Gasteiger partial charge >= 0.3 is 11.7 Å². The summed E-state index contributed by atoms with van der Waals surface area (Å²) in [5, 5.41) is 2.38. The SMILES string of the molecule is CC(C)c1ccc(C(=O)OCC(=O)Nc2cc(=O)n(C)c(=O)n2C)cc1. The molecule has 8 nitrogen and oxygen atoms in total. The fourth-order valence-electron chi connectivity index (χ4n) is 2.25. The summed E-state index contributed by atoms with van der Waals surface area (Å²) in [6.07, 6.45) is 0. The van der Waals surface area contributed by atoms with Gasteiger partial charge in [0.25, 0.3) is 11.5 Å². The zero-order chi connectivity index (χ0) is 19.4. The molecule has 2 rings (SSSR count). The molecule has 8 heteroatoms. The van der Waals surface area contributed by atoms with Crippen molar-refractivity contribution >= 4 is 17.7 Å². The molecule has 1 amide bonds. The summed E-state index contributed by atoms with van der Waals surface area (Å²) >= 11 is 0. The van der Waals surface area contributed by atoms with Crippen molar-refractivity contribution in [2.45, 2.75) is 19.8 Å². The van der Waals surface area contributed by atoms with Gasteiger partial charge in [0.05, 0.1) is 5.56 Å². The first kappa shape index (κ1) is 19.2. The number of hydrogen-bond acceptors (Lipinski definition) is 5. The van der Waals surface area contributed by atoms with Crippen molar-refractivity contribution in [3.8, 4) is 0 Å². The first-order valence-corrected chi connectivity index (χ1v) is 8.04. The maximum absolute atomic E-state index is 12.0. The lowest BCUT2D eigenvalue weighted by Gasteiger charge is -2.11. The van der Waals surface area contributed by atoms with E-state index in [4.69, 9.17) is 4.74 Å². The first-order chi connectivity index (χ1) is 12.2. The van der Waals surface area contributed by atoms with E-state index in [-0.39, 0.29) is 5.82 Å². The Labute approximate surface area is 150 Å². The molecule has 1 N–H and O–H groups in total. The molecule has 1 aromatic heterocycles. The standard InChI is InChI=1S/C18H21N3O5/c1-11(2)12-5-7-13(8-6-12)17(24)26-10-15(22)19-14-9-16(23)21(4)18(25)20(14)3/h5-9,11H,10H2,1-4H3,(H,19,22). The van der Waals surface area contributed by atoms with E-state index in [0.717, 1.165) is 20.8 Å². The predicted octanol–water partition coefficient (Wildman–Crippen LogP) is 1.00. The molecule has 0 bridgehead atoms. The fourth-order valence-corrected chi connectivity index (χ4v) is 2.25. The number of aromatic nitrogens is 2. The van der Waals surface area contributed by atoms with Crippen LogP contribution in [-0.4, -0.2) is 27.6 Å². The molecule has 0 aliphatic rings. The highest BCUT2D eigenvalue weighted by Gasteiger charge is 2.13. The minimum absolute atomic E-state index is 0.0282. The number of anilines is 1. The third-order valence-electron chi connectivity index (χ3n) is 3.94. The van der Waals surface area contributed by atoms with Gasteiger partial charge in [-0.05, 0) is 23.6 Å². The number of nitrogens with zero attached hydrogens (tertiary/aromatic N) is 2. The Balaban J connectivity index is 2.00. The van der Waals surface area contributed by atoms with Crippen LogP contribution in [0.15, 0.2) is 39.9 Å². The van der Waals surface area contributed by atoms with Gasteiger partial charge in [-0.3, -0.25) is 18.7 Å². The lowest BCUT2D eigenvalue weighted by Crippen LogP contribution is -2.38. The number of carbonyl (C=O) groups is 2. The summed E-state index contributed by atoms with van der Waals surface area (Å²) in [6, 6.07) is 8.06. The maximum Gasteiger partial charge on any atom is 0.338 e. The number of amides is 1. The maximum atomic E-state index is 12.0. The van der Waals surface area contributed by atoms with Crippen LogP contribution in [0.4, 0.5) is 5.82 Å². The lowest BCUT2D eigenvalue weighted by atomic mass is 10.0. The van der Waals surface area contributed by atoms with Crippen molar-refractivity contribution in [3.05, 3.63) is 62.3 Å². The van der Waals surface area contributed by atoms with E-state index in [1.165, 1.54) is 14.1 Å². The van der Waals surface area contributed by atoms with E-state index >= 15 is 0 Å². The second-order valence-electron chi connectivity index (χ2n) is 6.17. The molecule has 0 saturated carbocycles. The molecule has 1 aromatic carbocycles. The Morgan fingerprint density at radius 1 is 1.08 bits per heavy atom. The van der Waals surface area contributed by atoms with Crippen molar-refractivity contribution in [2.24, 2.45) is 14.1 Å². The Hall–Kier alpha value is -3.16. The molecule has 2 aromatic rings. The molecule has 1 heterocycles. The number of hydrogen-bond donors (Lipinski definition) is 1. The number of ether oxygens (including phenoxy) is 1. The average Bonchev–Trinajstić information content (AvgIpc) is 2.62. The molecular weight excluding hydrogens is 338 g/mol. The first-order valence-electron chi connectivity index (χ1n) is 8.04. The Morgan fingerprint density at radius 2 is 1.69 bits per heavy atom. The van der Waals surface area contributed by atoms with Gasteiger partial charge in [-0.1, -0.05) is 26.0 Å². The highest BCUT2D eigenvalue weighted by Crippen LogP contribution is 2.15. The van der Waals surface area contributed by atoms with Crippen LogP contribution in [0.3, 0.4) is 0 Å². The largest absolute Gasteiger partial charge is 0.452 e. The summed E-state index contributed by atoms with van der Waals surface area (Å²) in [5.74, 6) is -0.912. The molecule has 0 aliphatic heterocycles. The topological polar surface area (TPSA) is 99.4 Å². The number of rotatable bonds is 5. The van der Waals surface area contributed by atoms with Gasteiger partial charge in [-0.15, -0.1) is 0 Å². The Kier molecular flexibility index (Phi) is 5.76. The highest BCUT2D eigenvalue weighted by molar-refractivity contribution is 5.95. The number of nitrogens with one attached hydrogen (secondary N) is 1. The quantitative estimate of drug-likeness (QED) is 0.803. The van der Waals surface area contributed by atoms with Crippen LogP contribution in [-0.2, 0) is 23.6 Å². The van der Waals surface area contributed by atoms with Crippen LogP contribution >= 0.6 is 0 Å². The van der Waals surface area contributed by atoms with Crippen LogP contribution in [0.25, 0.3) is 0 Å². The highest BCUT2D eigenvalue weighted by atomic mass is 16.5. The average molecular weight is 359 g/mol. The van der Waals surface area contributed by atoms with Gasteiger partial charge in [-0.25, -0.2) is 9.59 Å². The van der Waals surface area contributed by atoms with Crippen molar-refractivity contribution in [3.63, 3.8) is 0 Å². The molecule has 0 fully saturated rings. The van der Waals surface area contributed by atoms with Crippen molar-refractivity contribution in [1.29, 1.82) is 0 Å². The normalized spacial score (nSPS) is 10.7. The second kappa shape index (κ2) is 7.81. The van der Waals surface area contributed by atoms with E-state index in [0.29, 0.717) is 11.5 Å². The van der Waals surface area contributed by atoms with E-state index < -0.39 is 29.7 Å². The molecule has 0 radical (unpaired) electrons. The van der Waals surface area contributed by atoms with E-state index in [1.807, 2.05) is 26.0 Å². The van der Waals surface area contributed by atoms with Crippen LogP contribution in [0, 0.1) is 0 Å². The number of benzene rings is 1. The molecule has 0 unspecified atom stereocenters. The summed E-state index contributed by atoms with van der Waals surface area (Å²) in [4.78, 5) is 47.4. The van der Waals surface area contributed by atoms with Crippen LogP contribution in [0.5, 0.6) is 0 Å². The number of carbonyl (C=O) groups excluding carboxylic acids is 2. The molecule has 0 saturated heterocycles. The predicted molar refractivity (Wildman–Crippen MR) is 96.4 cm³/mol. The smallest absolute Gasteiger partial charge is 0.338 e. The monoisotopic (exact) mass is 359 g/mol. The molecule has 0 atom stereocenters. The van der Waals surface area contributed by atoms with Gasteiger partial charge < -0.3 is 10.1 Å². The van der Waals surface area contributed by atoms with E-state index in [1.54, 1.807) is 12.1 Å². The Bertz CT molecular complexity index is 939. The zero-order valence-electron chi connectivity index (χ0n) is 15.1. The minimum atomic E-state index is -0.652. The Morgan fingerprint density at radius 3 is 2.27 bits per heavy atom. The fraction of sp³-hybridized carbons (Fsp3) is 0.333. The third-order valence-corrected chi connectivity index (χ3v) is 3.94. The molecular formula is C18H21N3O5. The minimum Gasteiger partial charge on any atom is -0.452 e. The van der Waals surface area contributed by atoms with Gasteiger partial charge in [0.2, 0.25) is 0 Å². The van der Waals surface area contributed by atoms with Crippen molar-refractivity contribution in [2.75, 3.05) is 11.9 Å². The third kappa shape index (κ3) is 4.27. The lowest BCUT2D eigenvalue weighted by molar-refractivity contribution is -0.119. The van der Waals surface area contributed by atoms with E-state index in [9.17, 15) is 19.2 Å². The summed E-state index contributed by atoms with van der Waals surface area (Å²) in [7, 11) is 2.75. The van der Waals surface area contributed by atoms with Gasteiger partial charge in [0.1, 0.15) is 5.82 Å². The van der Waals surface area contributed by atoms with Crippen molar-refractivity contribution in [1.82, 2.24) is 9.13 Å². The molecule has 0 aliphatic carbocycles.